The van der Waals surface area contributed by atoms with Crippen molar-refractivity contribution in [1.82, 2.24) is 9.88 Å². The van der Waals surface area contributed by atoms with Gasteiger partial charge in [0.25, 0.3) is 0 Å². The molecule has 5 heteroatoms. The highest BCUT2D eigenvalue weighted by atomic mass is 16.6. The Morgan fingerprint density at radius 3 is 2.54 bits per heavy atom. The summed E-state index contributed by atoms with van der Waals surface area (Å²) in [6.07, 6.45) is 5.15. The highest BCUT2D eigenvalue weighted by Crippen LogP contribution is 2.32. The normalized spacial score (nSPS) is 17.9. The van der Waals surface area contributed by atoms with Crippen molar-refractivity contribution in [2.24, 2.45) is 0 Å². The Bertz CT molecular complexity index is 769. The van der Waals surface area contributed by atoms with Crippen LogP contribution in [-0.2, 0) is 4.74 Å². The number of carbonyl (C=O) groups is 1. The number of anilines is 2. The maximum absolute atomic E-state index is 12.9. The van der Waals surface area contributed by atoms with Crippen LogP contribution in [0.2, 0.25) is 0 Å². The molecule has 1 amide bonds. The van der Waals surface area contributed by atoms with E-state index in [0.29, 0.717) is 11.9 Å². The summed E-state index contributed by atoms with van der Waals surface area (Å²) in [5.41, 5.74) is 1.38. The standard InChI is InChI=1S/C23H31N3O2/c1-5-25-16-10-9-13-20(25)18-14-15-21(24-17-18)26(19-11-7-6-8-12-19)22(27)28-23(2,3)4/h6-8,11-12,14-15,17,20H,5,9-10,13,16H2,1-4H3/t20-/m1/s1. The number of likely N-dealkylation sites (tertiary alicyclic amines) is 1. The topological polar surface area (TPSA) is 45.7 Å². The van der Waals surface area contributed by atoms with Crippen LogP contribution in [0.3, 0.4) is 0 Å². The van der Waals surface area contributed by atoms with Crippen molar-refractivity contribution >= 4 is 17.6 Å². The summed E-state index contributed by atoms with van der Waals surface area (Å²) in [6.45, 7) is 9.99. The zero-order chi connectivity index (χ0) is 20.1. The SMILES string of the molecule is CCN1CCCC[C@@H]1c1ccc(N(C(=O)OC(C)(C)C)c2ccccc2)nc1. The zero-order valence-electron chi connectivity index (χ0n) is 17.4. The van der Waals surface area contributed by atoms with E-state index in [1.807, 2.05) is 63.4 Å². The van der Waals surface area contributed by atoms with Gasteiger partial charge >= 0.3 is 6.09 Å². The Morgan fingerprint density at radius 1 is 1.18 bits per heavy atom. The van der Waals surface area contributed by atoms with Crippen molar-refractivity contribution in [1.29, 1.82) is 0 Å². The number of rotatable bonds is 4. The number of pyridine rings is 1. The van der Waals surface area contributed by atoms with Crippen LogP contribution in [0.1, 0.15) is 58.6 Å². The maximum Gasteiger partial charge on any atom is 0.420 e. The lowest BCUT2D eigenvalue weighted by molar-refractivity contribution is 0.0598. The third-order valence-electron chi connectivity index (χ3n) is 4.99. The molecular weight excluding hydrogens is 350 g/mol. The first-order valence-electron chi connectivity index (χ1n) is 10.2. The van der Waals surface area contributed by atoms with E-state index >= 15 is 0 Å². The summed E-state index contributed by atoms with van der Waals surface area (Å²) in [7, 11) is 0. The van der Waals surface area contributed by atoms with E-state index in [9.17, 15) is 4.79 Å². The van der Waals surface area contributed by atoms with Gasteiger partial charge in [-0.15, -0.1) is 0 Å². The maximum atomic E-state index is 12.9. The number of amides is 1. The summed E-state index contributed by atoms with van der Waals surface area (Å²) < 4.78 is 5.63. The molecule has 2 heterocycles. The zero-order valence-corrected chi connectivity index (χ0v) is 17.4. The first kappa shape index (κ1) is 20.3. The molecule has 0 radical (unpaired) electrons. The van der Waals surface area contributed by atoms with Crippen molar-refractivity contribution in [2.75, 3.05) is 18.0 Å². The molecule has 1 atom stereocenters. The fourth-order valence-corrected chi connectivity index (χ4v) is 3.69. The minimum absolute atomic E-state index is 0.409. The summed E-state index contributed by atoms with van der Waals surface area (Å²) in [5.74, 6) is 0.572. The molecule has 1 fully saturated rings. The van der Waals surface area contributed by atoms with E-state index in [0.717, 1.165) is 25.2 Å². The second-order valence-electron chi connectivity index (χ2n) is 8.24. The van der Waals surface area contributed by atoms with E-state index in [1.54, 1.807) is 0 Å². The minimum atomic E-state index is -0.576. The fourth-order valence-electron chi connectivity index (χ4n) is 3.69. The van der Waals surface area contributed by atoms with Crippen LogP contribution >= 0.6 is 0 Å². The van der Waals surface area contributed by atoms with Crippen LogP contribution in [0.15, 0.2) is 48.7 Å². The van der Waals surface area contributed by atoms with Gasteiger partial charge in [-0.1, -0.05) is 37.6 Å². The van der Waals surface area contributed by atoms with Crippen molar-refractivity contribution in [3.8, 4) is 0 Å². The number of hydrogen-bond donors (Lipinski definition) is 0. The van der Waals surface area contributed by atoms with Gasteiger partial charge in [0.15, 0.2) is 0 Å². The second kappa shape index (κ2) is 8.74. The number of ether oxygens (including phenoxy) is 1. The largest absolute Gasteiger partial charge is 0.443 e. The Labute approximate surface area is 168 Å². The molecule has 1 aliphatic heterocycles. The van der Waals surface area contributed by atoms with Gasteiger partial charge in [0.2, 0.25) is 0 Å². The summed E-state index contributed by atoms with van der Waals surface area (Å²) in [6, 6.07) is 13.9. The number of piperidine rings is 1. The van der Waals surface area contributed by atoms with Gasteiger partial charge in [0.1, 0.15) is 11.4 Å². The Hall–Kier alpha value is -2.40. The molecule has 150 valence electrons. The second-order valence-corrected chi connectivity index (χ2v) is 8.24. The molecule has 28 heavy (non-hydrogen) atoms. The van der Waals surface area contributed by atoms with Crippen LogP contribution in [-0.4, -0.2) is 34.7 Å². The first-order valence-corrected chi connectivity index (χ1v) is 10.2. The first-order chi connectivity index (χ1) is 13.4. The molecule has 2 aromatic rings. The van der Waals surface area contributed by atoms with Crippen molar-refractivity contribution in [2.45, 2.75) is 58.6 Å². The molecule has 1 aromatic carbocycles. The molecule has 0 unspecified atom stereocenters. The molecule has 0 saturated carbocycles. The van der Waals surface area contributed by atoms with Crippen LogP contribution < -0.4 is 4.90 Å². The quantitative estimate of drug-likeness (QED) is 0.681. The van der Waals surface area contributed by atoms with E-state index < -0.39 is 11.7 Å². The molecule has 0 spiro atoms. The molecule has 0 N–H and O–H groups in total. The monoisotopic (exact) mass is 381 g/mol. The van der Waals surface area contributed by atoms with Crippen molar-refractivity contribution in [3.05, 3.63) is 54.2 Å². The van der Waals surface area contributed by atoms with Crippen LogP contribution in [0.5, 0.6) is 0 Å². The molecule has 5 nitrogen and oxygen atoms in total. The Kier molecular flexibility index (Phi) is 6.35. The van der Waals surface area contributed by atoms with Gasteiger partial charge in [-0.25, -0.2) is 14.7 Å². The van der Waals surface area contributed by atoms with Gasteiger partial charge in [-0.3, -0.25) is 4.90 Å². The van der Waals surface area contributed by atoms with Crippen molar-refractivity contribution < 1.29 is 9.53 Å². The summed E-state index contributed by atoms with van der Waals surface area (Å²) >= 11 is 0. The van der Waals surface area contributed by atoms with Gasteiger partial charge in [-0.05, 0) is 70.5 Å². The van der Waals surface area contributed by atoms with E-state index in [4.69, 9.17) is 4.74 Å². The van der Waals surface area contributed by atoms with Crippen LogP contribution in [0, 0.1) is 0 Å². The number of benzene rings is 1. The summed E-state index contributed by atoms with van der Waals surface area (Å²) in [4.78, 5) is 21.6. The van der Waals surface area contributed by atoms with Gasteiger partial charge in [-0.2, -0.15) is 0 Å². The lowest BCUT2D eigenvalue weighted by Crippen LogP contribution is -2.35. The molecule has 0 bridgehead atoms. The van der Waals surface area contributed by atoms with Gasteiger partial charge in [0, 0.05) is 12.2 Å². The Balaban J connectivity index is 1.89. The predicted molar refractivity (Wildman–Crippen MR) is 113 cm³/mol. The number of para-hydroxylation sites is 1. The third-order valence-corrected chi connectivity index (χ3v) is 4.99. The Morgan fingerprint density at radius 2 is 1.93 bits per heavy atom. The smallest absolute Gasteiger partial charge is 0.420 e. The van der Waals surface area contributed by atoms with Crippen LogP contribution in [0.4, 0.5) is 16.3 Å². The molecule has 3 rings (SSSR count). The number of hydrogen-bond acceptors (Lipinski definition) is 4. The van der Waals surface area contributed by atoms with Crippen LogP contribution in [0.25, 0.3) is 0 Å². The lowest BCUT2D eigenvalue weighted by Gasteiger charge is -2.35. The molecular formula is C23H31N3O2. The number of nitrogens with zero attached hydrogens (tertiary/aromatic N) is 3. The average molecular weight is 382 g/mol. The minimum Gasteiger partial charge on any atom is -0.443 e. The lowest BCUT2D eigenvalue weighted by atomic mass is 9.96. The number of aromatic nitrogens is 1. The van der Waals surface area contributed by atoms with E-state index in [-0.39, 0.29) is 0 Å². The van der Waals surface area contributed by atoms with E-state index in [2.05, 4.69) is 22.9 Å². The van der Waals surface area contributed by atoms with E-state index in [1.165, 1.54) is 23.3 Å². The number of carbonyl (C=O) groups excluding carboxylic acids is 1. The highest BCUT2D eigenvalue weighted by Gasteiger charge is 2.27. The molecule has 1 saturated heterocycles. The van der Waals surface area contributed by atoms with Gasteiger partial charge < -0.3 is 4.74 Å². The van der Waals surface area contributed by atoms with Gasteiger partial charge in [0.05, 0.1) is 5.69 Å². The predicted octanol–water partition coefficient (Wildman–Crippen LogP) is 5.70. The summed E-state index contributed by atoms with van der Waals surface area (Å²) in [5, 5.41) is 0. The fraction of sp³-hybridized carbons (Fsp3) is 0.478. The molecule has 1 aromatic heterocycles. The highest BCUT2D eigenvalue weighted by molar-refractivity contribution is 5.95. The molecule has 0 aliphatic carbocycles. The third kappa shape index (κ3) is 4.90. The molecule has 1 aliphatic rings. The average Bonchev–Trinajstić information content (AvgIpc) is 2.68. The van der Waals surface area contributed by atoms with Crippen molar-refractivity contribution in [3.63, 3.8) is 0 Å².